The summed E-state index contributed by atoms with van der Waals surface area (Å²) < 4.78 is 7.35. The van der Waals surface area contributed by atoms with E-state index in [4.69, 9.17) is 21.9 Å². The fourth-order valence-electron chi connectivity index (χ4n) is 2.58. The van der Waals surface area contributed by atoms with Crippen LogP contribution in [0.4, 0.5) is 0 Å². The number of rotatable bonds is 9. The lowest BCUT2D eigenvalue weighted by molar-refractivity contribution is -0.118. The van der Waals surface area contributed by atoms with Gasteiger partial charge in [0.2, 0.25) is 5.91 Å². The minimum Gasteiger partial charge on any atom is -0.370 e. The van der Waals surface area contributed by atoms with E-state index < -0.39 is 0 Å². The molecule has 0 aliphatic heterocycles. The first kappa shape index (κ1) is 20.3. The van der Waals surface area contributed by atoms with Crippen molar-refractivity contribution in [3.63, 3.8) is 0 Å². The van der Waals surface area contributed by atoms with Gasteiger partial charge in [-0.2, -0.15) is 4.98 Å². The van der Waals surface area contributed by atoms with Crippen LogP contribution in [0, 0.1) is 5.92 Å². The monoisotopic (exact) mass is 420 g/mol. The first-order valence-corrected chi connectivity index (χ1v) is 10.2. The number of halogens is 1. The molecule has 0 fully saturated rings. The molecule has 0 bridgehead atoms. The second kappa shape index (κ2) is 9.20. The largest absolute Gasteiger partial charge is 0.370 e. The Morgan fingerprint density at radius 2 is 2.11 bits per heavy atom. The van der Waals surface area contributed by atoms with Crippen LogP contribution in [-0.2, 0) is 23.5 Å². The summed E-state index contributed by atoms with van der Waals surface area (Å²) in [7, 11) is 0. The fraction of sp³-hybridized carbons (Fsp3) is 0.389. The Balaban J connectivity index is 1.72. The Hall–Kier alpha value is -2.39. The number of aromatic nitrogens is 5. The van der Waals surface area contributed by atoms with Crippen LogP contribution in [0.5, 0.6) is 0 Å². The summed E-state index contributed by atoms with van der Waals surface area (Å²) in [6.45, 7) is 4.98. The predicted molar refractivity (Wildman–Crippen MR) is 107 cm³/mol. The van der Waals surface area contributed by atoms with E-state index in [0.29, 0.717) is 40.4 Å². The van der Waals surface area contributed by atoms with Crippen LogP contribution >= 0.6 is 23.4 Å². The van der Waals surface area contributed by atoms with E-state index >= 15 is 0 Å². The van der Waals surface area contributed by atoms with Crippen LogP contribution in [-0.4, -0.2) is 30.8 Å². The topological polar surface area (TPSA) is 113 Å². The summed E-state index contributed by atoms with van der Waals surface area (Å²) in [5.74, 6) is 2.19. The Morgan fingerprint density at radius 1 is 1.32 bits per heavy atom. The smallest absolute Gasteiger partial charge is 0.259 e. The summed E-state index contributed by atoms with van der Waals surface area (Å²) in [4.78, 5) is 15.5. The van der Waals surface area contributed by atoms with Crippen molar-refractivity contribution in [1.29, 1.82) is 0 Å². The molecule has 0 aliphatic rings. The van der Waals surface area contributed by atoms with E-state index in [0.717, 1.165) is 17.5 Å². The van der Waals surface area contributed by atoms with Crippen molar-refractivity contribution < 1.29 is 9.32 Å². The number of thioether (sulfide) groups is 1. The second-order valence-electron chi connectivity index (χ2n) is 6.65. The highest BCUT2D eigenvalue weighted by atomic mass is 35.5. The summed E-state index contributed by atoms with van der Waals surface area (Å²) in [5.41, 5.74) is 5.95. The molecular weight excluding hydrogens is 400 g/mol. The molecule has 8 nitrogen and oxygen atoms in total. The maximum atomic E-state index is 11.1. The van der Waals surface area contributed by atoms with Crippen LogP contribution in [0.1, 0.15) is 31.9 Å². The number of hydrogen-bond donors (Lipinski definition) is 1. The first-order chi connectivity index (χ1) is 13.4. The maximum Gasteiger partial charge on any atom is 0.259 e. The minimum atomic E-state index is -0.354. The van der Waals surface area contributed by atoms with Crippen molar-refractivity contribution in [3.05, 3.63) is 40.9 Å². The molecule has 0 saturated carbocycles. The van der Waals surface area contributed by atoms with Crippen molar-refractivity contribution in [3.8, 4) is 11.5 Å². The Labute approximate surface area is 171 Å². The summed E-state index contributed by atoms with van der Waals surface area (Å²) in [6.07, 6.45) is 0.710. The molecule has 3 rings (SSSR count). The third kappa shape index (κ3) is 5.11. The summed E-state index contributed by atoms with van der Waals surface area (Å²) in [6, 6.07) is 7.31. The zero-order valence-electron chi connectivity index (χ0n) is 15.6. The molecule has 0 spiro atoms. The van der Waals surface area contributed by atoms with Crippen LogP contribution < -0.4 is 5.73 Å². The van der Waals surface area contributed by atoms with Crippen molar-refractivity contribution in [2.75, 3.05) is 0 Å². The van der Waals surface area contributed by atoms with Gasteiger partial charge in [0.15, 0.2) is 11.0 Å². The van der Waals surface area contributed by atoms with Crippen molar-refractivity contribution >= 4 is 29.3 Å². The van der Waals surface area contributed by atoms with E-state index in [-0.39, 0.29) is 12.3 Å². The zero-order valence-corrected chi connectivity index (χ0v) is 17.2. The van der Waals surface area contributed by atoms with Gasteiger partial charge in [-0.25, -0.2) is 0 Å². The molecule has 2 aromatic heterocycles. The lowest BCUT2D eigenvalue weighted by Crippen LogP contribution is -2.15. The minimum absolute atomic E-state index is 0.243. The molecule has 2 N–H and O–H groups in total. The average Bonchev–Trinajstić information content (AvgIpc) is 3.25. The normalized spacial score (nSPS) is 11.3. The molecule has 2 heterocycles. The molecule has 1 aromatic carbocycles. The molecular formula is C18H21ClN6O2S. The maximum absolute atomic E-state index is 11.1. The number of amides is 1. The van der Waals surface area contributed by atoms with Gasteiger partial charge in [-0.15, -0.1) is 10.2 Å². The molecule has 0 aliphatic carbocycles. The predicted octanol–water partition coefficient (Wildman–Crippen LogP) is 3.35. The van der Waals surface area contributed by atoms with Gasteiger partial charge in [-0.05, 0) is 18.1 Å². The molecule has 0 saturated heterocycles. The molecule has 3 aromatic rings. The number of aryl methyl sites for hydroxylation is 1. The van der Waals surface area contributed by atoms with Gasteiger partial charge in [0.1, 0.15) is 5.82 Å². The Morgan fingerprint density at radius 3 is 2.82 bits per heavy atom. The van der Waals surface area contributed by atoms with Gasteiger partial charge in [0.25, 0.3) is 5.89 Å². The van der Waals surface area contributed by atoms with E-state index in [1.807, 2.05) is 22.8 Å². The van der Waals surface area contributed by atoms with E-state index in [2.05, 4.69) is 34.2 Å². The summed E-state index contributed by atoms with van der Waals surface area (Å²) >= 11 is 7.64. The highest BCUT2D eigenvalue weighted by Gasteiger charge is 2.17. The second-order valence-corrected chi connectivity index (χ2v) is 8.00. The highest BCUT2D eigenvalue weighted by Crippen LogP contribution is 2.27. The lowest BCUT2D eigenvalue weighted by Gasteiger charge is -2.11. The molecule has 148 valence electrons. The number of primary amides is 1. The van der Waals surface area contributed by atoms with Gasteiger partial charge in [0.05, 0.1) is 16.3 Å². The quantitative estimate of drug-likeness (QED) is 0.528. The number of benzene rings is 1. The standard InChI is InChI=1S/C18H21ClN6O2S/c1-11(2)9-25-16(8-7-14(20)26)22-23-18(25)28-10-15-21-17(27-24-15)12-5-3-4-6-13(12)19/h3-6,11H,7-10H2,1-2H3,(H2,20,26). The molecule has 10 heteroatoms. The number of carbonyl (C=O) groups excluding carboxylic acids is 1. The SMILES string of the molecule is CC(C)Cn1c(CCC(N)=O)nnc1SCc1noc(-c2ccccc2Cl)n1. The molecule has 0 unspecified atom stereocenters. The van der Waals surface area contributed by atoms with Crippen molar-refractivity contribution in [2.45, 2.75) is 44.1 Å². The lowest BCUT2D eigenvalue weighted by atomic mass is 10.2. The Kier molecular flexibility index (Phi) is 6.69. The number of nitrogens with two attached hydrogens (primary N) is 1. The molecule has 28 heavy (non-hydrogen) atoms. The van der Waals surface area contributed by atoms with Crippen LogP contribution in [0.2, 0.25) is 5.02 Å². The third-order valence-corrected chi connectivity index (χ3v) is 5.13. The van der Waals surface area contributed by atoms with E-state index in [9.17, 15) is 4.79 Å². The number of carbonyl (C=O) groups is 1. The van der Waals surface area contributed by atoms with Gasteiger partial charge in [0, 0.05) is 19.4 Å². The summed E-state index contributed by atoms with van der Waals surface area (Å²) in [5, 5.41) is 13.8. The Bertz CT molecular complexity index is 955. The average molecular weight is 421 g/mol. The molecule has 1 amide bonds. The van der Waals surface area contributed by atoms with E-state index in [1.54, 1.807) is 6.07 Å². The van der Waals surface area contributed by atoms with E-state index in [1.165, 1.54) is 11.8 Å². The van der Waals surface area contributed by atoms with Gasteiger partial charge in [-0.3, -0.25) is 4.79 Å². The first-order valence-electron chi connectivity index (χ1n) is 8.84. The van der Waals surface area contributed by atoms with Gasteiger partial charge < -0.3 is 14.8 Å². The van der Waals surface area contributed by atoms with Crippen LogP contribution in [0.15, 0.2) is 33.9 Å². The van der Waals surface area contributed by atoms with Crippen molar-refractivity contribution in [1.82, 2.24) is 24.9 Å². The molecule has 0 atom stereocenters. The molecule has 0 radical (unpaired) electrons. The van der Waals surface area contributed by atoms with Gasteiger partial charge in [-0.1, -0.05) is 54.5 Å². The third-order valence-electron chi connectivity index (χ3n) is 3.84. The number of nitrogens with zero attached hydrogens (tertiary/aromatic N) is 5. The van der Waals surface area contributed by atoms with Crippen LogP contribution in [0.25, 0.3) is 11.5 Å². The van der Waals surface area contributed by atoms with Crippen LogP contribution in [0.3, 0.4) is 0 Å². The number of hydrogen-bond acceptors (Lipinski definition) is 7. The van der Waals surface area contributed by atoms with Gasteiger partial charge >= 0.3 is 0 Å². The zero-order chi connectivity index (χ0) is 20.1. The highest BCUT2D eigenvalue weighted by molar-refractivity contribution is 7.98. The fourth-order valence-corrected chi connectivity index (χ4v) is 3.61. The van der Waals surface area contributed by atoms with Crippen molar-refractivity contribution in [2.24, 2.45) is 11.7 Å².